The van der Waals surface area contributed by atoms with Gasteiger partial charge in [0.25, 0.3) is 5.91 Å². The molecule has 0 aliphatic heterocycles. The van der Waals surface area contributed by atoms with Crippen LogP contribution in [0, 0.1) is 0 Å². The normalized spacial score (nSPS) is 11.9. The van der Waals surface area contributed by atoms with Crippen LogP contribution >= 0.6 is 11.6 Å². The highest BCUT2D eigenvalue weighted by molar-refractivity contribution is 6.17. The molecule has 2 aromatic rings. The molecule has 2 aromatic carbocycles. The molecule has 2 rings (SSSR count). The molecule has 20 heavy (non-hydrogen) atoms. The largest absolute Gasteiger partial charge is 0.394 e. The van der Waals surface area contributed by atoms with E-state index in [1.165, 1.54) is 0 Å². The number of carbonyl (C=O) groups is 1. The van der Waals surface area contributed by atoms with Gasteiger partial charge in [0.1, 0.15) is 0 Å². The Labute approximate surface area is 123 Å². The van der Waals surface area contributed by atoms with Gasteiger partial charge in [-0.05, 0) is 23.3 Å². The summed E-state index contributed by atoms with van der Waals surface area (Å²) in [6, 6.07) is 16.1. The van der Waals surface area contributed by atoms with Crippen molar-refractivity contribution < 1.29 is 9.90 Å². The Morgan fingerprint density at radius 3 is 2.55 bits per heavy atom. The third-order valence-corrected chi connectivity index (χ3v) is 3.34. The van der Waals surface area contributed by atoms with Crippen LogP contribution in [0.25, 0.3) is 0 Å². The van der Waals surface area contributed by atoms with E-state index < -0.39 is 6.04 Å². The first-order chi connectivity index (χ1) is 9.74. The molecule has 0 radical (unpaired) electrons. The second-order valence-electron chi connectivity index (χ2n) is 4.45. The summed E-state index contributed by atoms with van der Waals surface area (Å²) < 4.78 is 0. The summed E-state index contributed by atoms with van der Waals surface area (Å²) in [5, 5.41) is 12.3. The van der Waals surface area contributed by atoms with E-state index in [0.29, 0.717) is 11.4 Å². The topological polar surface area (TPSA) is 49.3 Å². The summed E-state index contributed by atoms with van der Waals surface area (Å²) in [4.78, 5) is 12.2. The number of carbonyl (C=O) groups excluding carboxylic acids is 1. The molecule has 0 heterocycles. The number of nitrogens with one attached hydrogen (secondary N) is 1. The van der Waals surface area contributed by atoms with Gasteiger partial charge in [-0.1, -0.05) is 42.5 Å². The zero-order valence-corrected chi connectivity index (χ0v) is 11.7. The maximum Gasteiger partial charge on any atom is 0.251 e. The third kappa shape index (κ3) is 3.59. The predicted molar refractivity (Wildman–Crippen MR) is 79.7 cm³/mol. The van der Waals surface area contributed by atoms with Gasteiger partial charge in [-0.3, -0.25) is 4.79 Å². The van der Waals surface area contributed by atoms with Gasteiger partial charge in [-0.15, -0.1) is 11.6 Å². The highest BCUT2D eigenvalue weighted by Gasteiger charge is 2.14. The van der Waals surface area contributed by atoms with Crippen molar-refractivity contribution in [3.8, 4) is 0 Å². The van der Waals surface area contributed by atoms with Crippen LogP contribution < -0.4 is 5.32 Å². The van der Waals surface area contributed by atoms with Crippen molar-refractivity contribution in [3.05, 3.63) is 71.3 Å². The van der Waals surface area contributed by atoms with Crippen LogP contribution in [-0.4, -0.2) is 17.6 Å². The molecule has 2 N–H and O–H groups in total. The number of hydrogen-bond acceptors (Lipinski definition) is 2. The van der Waals surface area contributed by atoms with Crippen LogP contribution in [0.4, 0.5) is 0 Å². The number of hydrogen-bond donors (Lipinski definition) is 2. The lowest BCUT2D eigenvalue weighted by molar-refractivity contribution is 0.0916. The molecule has 0 spiro atoms. The van der Waals surface area contributed by atoms with E-state index in [1.807, 2.05) is 36.4 Å². The Bertz CT molecular complexity index is 572. The Morgan fingerprint density at radius 2 is 1.90 bits per heavy atom. The van der Waals surface area contributed by atoms with Crippen LogP contribution in [0.2, 0.25) is 0 Å². The molecule has 0 saturated carbocycles. The zero-order valence-electron chi connectivity index (χ0n) is 10.9. The maximum atomic E-state index is 12.2. The van der Waals surface area contributed by atoms with Crippen molar-refractivity contribution in [2.45, 2.75) is 11.9 Å². The van der Waals surface area contributed by atoms with Crippen molar-refractivity contribution in [1.82, 2.24) is 5.32 Å². The average molecular weight is 290 g/mol. The number of aliphatic hydroxyl groups is 1. The van der Waals surface area contributed by atoms with Crippen LogP contribution in [-0.2, 0) is 5.88 Å². The van der Waals surface area contributed by atoms with Gasteiger partial charge in [-0.25, -0.2) is 0 Å². The summed E-state index contributed by atoms with van der Waals surface area (Å²) in [5.74, 6) is 0.142. The molecule has 4 heteroatoms. The fraction of sp³-hybridized carbons (Fsp3) is 0.188. The summed E-state index contributed by atoms with van der Waals surface area (Å²) in [5.41, 5.74) is 2.30. The van der Waals surface area contributed by atoms with E-state index in [9.17, 15) is 9.90 Å². The fourth-order valence-corrected chi connectivity index (χ4v) is 2.12. The molecule has 1 amide bonds. The minimum Gasteiger partial charge on any atom is -0.394 e. The highest BCUT2D eigenvalue weighted by atomic mass is 35.5. The monoisotopic (exact) mass is 289 g/mol. The van der Waals surface area contributed by atoms with Gasteiger partial charge >= 0.3 is 0 Å². The highest BCUT2D eigenvalue weighted by Crippen LogP contribution is 2.14. The van der Waals surface area contributed by atoms with Gasteiger partial charge < -0.3 is 10.4 Å². The number of amides is 1. The summed E-state index contributed by atoms with van der Waals surface area (Å²) >= 11 is 5.76. The first kappa shape index (κ1) is 14.6. The quantitative estimate of drug-likeness (QED) is 0.832. The number of benzene rings is 2. The minimum absolute atomic E-state index is 0.148. The van der Waals surface area contributed by atoms with E-state index >= 15 is 0 Å². The van der Waals surface area contributed by atoms with E-state index in [4.69, 9.17) is 11.6 Å². The van der Waals surface area contributed by atoms with E-state index in [0.717, 1.165) is 11.1 Å². The van der Waals surface area contributed by atoms with Crippen molar-refractivity contribution in [1.29, 1.82) is 0 Å². The van der Waals surface area contributed by atoms with E-state index in [-0.39, 0.29) is 12.5 Å². The first-order valence-electron chi connectivity index (χ1n) is 6.36. The van der Waals surface area contributed by atoms with Gasteiger partial charge in [0, 0.05) is 11.4 Å². The van der Waals surface area contributed by atoms with Crippen LogP contribution in [0.1, 0.15) is 27.5 Å². The molecule has 0 saturated heterocycles. The van der Waals surface area contributed by atoms with Gasteiger partial charge in [-0.2, -0.15) is 0 Å². The molecule has 1 atom stereocenters. The van der Waals surface area contributed by atoms with Crippen molar-refractivity contribution in [2.75, 3.05) is 6.61 Å². The van der Waals surface area contributed by atoms with Crippen LogP contribution in [0.5, 0.6) is 0 Å². The molecule has 0 aliphatic rings. The summed E-state index contributed by atoms with van der Waals surface area (Å²) in [6.07, 6.45) is 0. The molecule has 0 bridgehead atoms. The number of aliphatic hydroxyl groups excluding tert-OH is 1. The van der Waals surface area contributed by atoms with Crippen molar-refractivity contribution >= 4 is 17.5 Å². The SMILES string of the molecule is O=C(NC(CO)c1ccccc1)c1cccc(CCl)c1. The van der Waals surface area contributed by atoms with Crippen LogP contribution in [0.15, 0.2) is 54.6 Å². The second-order valence-corrected chi connectivity index (χ2v) is 4.72. The smallest absolute Gasteiger partial charge is 0.251 e. The Morgan fingerprint density at radius 1 is 1.15 bits per heavy atom. The van der Waals surface area contributed by atoms with Gasteiger partial charge in [0.2, 0.25) is 0 Å². The molecule has 0 fully saturated rings. The van der Waals surface area contributed by atoms with Gasteiger partial charge in [0.15, 0.2) is 0 Å². The van der Waals surface area contributed by atoms with Gasteiger partial charge in [0.05, 0.1) is 12.6 Å². The lowest BCUT2D eigenvalue weighted by atomic mass is 10.1. The molecule has 3 nitrogen and oxygen atoms in total. The Hall–Kier alpha value is -1.84. The Kier molecular flexibility index (Phi) is 5.16. The van der Waals surface area contributed by atoms with Crippen molar-refractivity contribution in [3.63, 3.8) is 0 Å². The first-order valence-corrected chi connectivity index (χ1v) is 6.89. The minimum atomic E-state index is -0.414. The molecule has 104 valence electrons. The third-order valence-electron chi connectivity index (χ3n) is 3.03. The predicted octanol–water partition coefficient (Wildman–Crippen LogP) is 2.89. The average Bonchev–Trinajstić information content (AvgIpc) is 2.53. The number of halogens is 1. The lowest BCUT2D eigenvalue weighted by Crippen LogP contribution is -2.30. The standard InChI is InChI=1S/C16H16ClNO2/c17-10-12-5-4-8-14(9-12)16(20)18-15(11-19)13-6-2-1-3-7-13/h1-9,15,19H,10-11H2,(H,18,20). The van der Waals surface area contributed by atoms with E-state index in [1.54, 1.807) is 18.2 Å². The fourth-order valence-electron chi connectivity index (χ4n) is 1.96. The number of alkyl halides is 1. The molecular formula is C16H16ClNO2. The van der Waals surface area contributed by atoms with Crippen molar-refractivity contribution in [2.24, 2.45) is 0 Å². The number of rotatable bonds is 5. The maximum absolute atomic E-state index is 12.2. The van der Waals surface area contributed by atoms with Crippen LogP contribution in [0.3, 0.4) is 0 Å². The summed E-state index contributed by atoms with van der Waals surface area (Å²) in [7, 11) is 0. The second kappa shape index (κ2) is 7.08. The van der Waals surface area contributed by atoms with E-state index in [2.05, 4.69) is 5.32 Å². The zero-order chi connectivity index (χ0) is 14.4. The summed E-state index contributed by atoms with van der Waals surface area (Å²) in [6.45, 7) is -0.148. The molecule has 1 unspecified atom stereocenters. The lowest BCUT2D eigenvalue weighted by Gasteiger charge is -2.17. The molecule has 0 aliphatic carbocycles. The molecule has 0 aromatic heterocycles. The molecular weight excluding hydrogens is 274 g/mol. The Balaban J connectivity index is 2.13.